The van der Waals surface area contributed by atoms with Crippen molar-refractivity contribution >= 4 is 73.1 Å². The van der Waals surface area contributed by atoms with Gasteiger partial charge in [0, 0.05) is 46.3 Å². The number of nitrogens with two attached hydrogens (primary N) is 1. The topological polar surface area (TPSA) is 173 Å². The molecule has 0 atom stereocenters. The molecule has 13 nitrogen and oxygen atoms in total. The Balaban J connectivity index is 0.000000191. The Labute approximate surface area is 368 Å². The van der Waals surface area contributed by atoms with E-state index in [1.807, 2.05) is 127 Å². The molecule has 0 unspecified atom stereocenters. The summed E-state index contributed by atoms with van der Waals surface area (Å²) in [6, 6.07) is 41.8. The third kappa shape index (κ3) is 12.4. The number of nitrogens with zero attached hydrogens (tertiary/aromatic N) is 4. The molecule has 316 valence electrons. The number of nitrogens with one attached hydrogen (secondary N) is 2. The van der Waals surface area contributed by atoms with Crippen LogP contribution in [-0.4, -0.2) is 45.2 Å². The molecule has 2 aromatic heterocycles. The van der Waals surface area contributed by atoms with E-state index in [0.29, 0.717) is 34.3 Å². The number of fused-ring (bicyclic) bond motifs is 2. The normalized spacial score (nSPS) is 10.2. The molecule has 0 bridgehead atoms. The second-order valence-electron chi connectivity index (χ2n) is 13.2. The van der Waals surface area contributed by atoms with Crippen LogP contribution in [0, 0.1) is 0 Å². The van der Waals surface area contributed by atoms with Gasteiger partial charge >= 0.3 is 0 Å². The van der Waals surface area contributed by atoms with Crippen LogP contribution < -0.4 is 35.3 Å². The maximum absolute atomic E-state index is 11.9. The number of methoxy groups -OCH3 is 2. The molecule has 0 aliphatic carbocycles. The third-order valence-corrected chi connectivity index (χ3v) is 9.12. The Morgan fingerprint density at radius 2 is 1.03 bits per heavy atom. The monoisotopic (exact) mass is 859 g/mol. The zero-order valence-corrected chi connectivity index (χ0v) is 35.1. The van der Waals surface area contributed by atoms with E-state index in [4.69, 9.17) is 36.3 Å². The third-order valence-electron chi connectivity index (χ3n) is 8.97. The largest absolute Gasteiger partial charge is 0.496 e. The van der Waals surface area contributed by atoms with Crippen LogP contribution in [0.2, 0.25) is 0 Å². The maximum Gasteiger partial charge on any atom is 0.244 e. The lowest BCUT2D eigenvalue weighted by molar-refractivity contribution is -0.114. The van der Waals surface area contributed by atoms with Gasteiger partial charge < -0.3 is 35.3 Å². The lowest BCUT2D eigenvalue weighted by atomic mass is 10.0. The van der Waals surface area contributed by atoms with Crippen molar-refractivity contribution in [1.29, 1.82) is 0 Å². The fourth-order valence-corrected chi connectivity index (χ4v) is 5.93. The van der Waals surface area contributed by atoms with E-state index < -0.39 is 5.24 Å². The fraction of sp³-hybridized carbons (Fsp3) is 0.0612. The second kappa shape index (κ2) is 21.8. The highest BCUT2D eigenvalue weighted by atomic mass is 35.5. The van der Waals surface area contributed by atoms with E-state index in [1.165, 1.54) is 18.7 Å². The number of carbonyl (C=O) groups excluding carboxylic acids is 2. The molecule has 2 heterocycles. The van der Waals surface area contributed by atoms with E-state index in [0.717, 1.165) is 62.3 Å². The highest BCUT2D eigenvalue weighted by Crippen LogP contribution is 2.33. The number of ketones is 1. The van der Waals surface area contributed by atoms with E-state index in [9.17, 15) is 9.59 Å². The Bertz CT molecular complexity index is 2830. The predicted octanol–water partition coefficient (Wildman–Crippen LogP) is 11.2. The number of aromatic nitrogens is 4. The maximum atomic E-state index is 11.9. The number of nitrogen functional groups attached to an aromatic ring is 1. The molecule has 0 aliphatic heterocycles. The van der Waals surface area contributed by atoms with Gasteiger partial charge in [-0.15, -0.1) is 0 Å². The summed E-state index contributed by atoms with van der Waals surface area (Å²) in [6.45, 7) is 6.62. The number of anilines is 5. The molecule has 6 aromatic carbocycles. The highest BCUT2D eigenvalue weighted by Gasteiger charge is 2.13. The van der Waals surface area contributed by atoms with Crippen LogP contribution in [0.5, 0.6) is 34.5 Å². The summed E-state index contributed by atoms with van der Waals surface area (Å²) in [5.74, 6) is 5.49. The number of hydrogen-bond acceptors (Lipinski definition) is 13. The van der Waals surface area contributed by atoms with Gasteiger partial charge in [0.25, 0.3) is 0 Å². The first-order chi connectivity index (χ1) is 30.7. The molecule has 0 fully saturated rings. The number of benzene rings is 6. The molecule has 8 aromatic rings. The minimum absolute atomic E-state index is 0.0852. The van der Waals surface area contributed by atoms with E-state index in [2.05, 4.69) is 43.7 Å². The summed E-state index contributed by atoms with van der Waals surface area (Å²) >= 11 is 4.71. The van der Waals surface area contributed by atoms with Crippen LogP contribution in [0.25, 0.3) is 21.8 Å². The number of para-hydroxylation sites is 2. The average Bonchev–Trinajstić information content (AvgIpc) is 3.31. The first-order valence-corrected chi connectivity index (χ1v) is 19.6. The van der Waals surface area contributed by atoms with Crippen molar-refractivity contribution in [2.45, 2.75) is 6.42 Å². The second-order valence-corrected chi connectivity index (χ2v) is 13.6. The quantitative estimate of drug-likeness (QED) is 0.0536. The molecule has 0 saturated carbocycles. The zero-order valence-electron chi connectivity index (χ0n) is 34.3. The van der Waals surface area contributed by atoms with Crippen LogP contribution in [0.15, 0.2) is 171 Å². The molecule has 0 radical (unpaired) electrons. The summed E-state index contributed by atoms with van der Waals surface area (Å²) in [4.78, 5) is 38.7. The Morgan fingerprint density at radius 1 is 0.603 bits per heavy atom. The summed E-state index contributed by atoms with van der Waals surface area (Å²) in [5, 5.41) is 7.72. The molecule has 4 N–H and O–H groups in total. The van der Waals surface area contributed by atoms with Gasteiger partial charge in [0.1, 0.15) is 58.8 Å². The lowest BCUT2D eigenvalue weighted by Gasteiger charge is -2.13. The van der Waals surface area contributed by atoms with Crippen molar-refractivity contribution in [3.63, 3.8) is 0 Å². The number of rotatable bonds is 14. The van der Waals surface area contributed by atoms with Gasteiger partial charge in [0.15, 0.2) is 5.78 Å². The minimum Gasteiger partial charge on any atom is -0.496 e. The van der Waals surface area contributed by atoms with Crippen LogP contribution in [-0.2, 0) is 16.0 Å². The first-order valence-electron chi connectivity index (χ1n) is 19.2. The van der Waals surface area contributed by atoms with Gasteiger partial charge in [-0.05, 0) is 109 Å². The van der Waals surface area contributed by atoms with Crippen molar-refractivity contribution < 1.29 is 28.5 Å². The van der Waals surface area contributed by atoms with E-state index >= 15 is 0 Å². The van der Waals surface area contributed by atoms with Crippen molar-refractivity contribution in [1.82, 2.24) is 19.9 Å². The molecule has 8 rings (SSSR count). The Kier molecular flexibility index (Phi) is 15.3. The predicted molar refractivity (Wildman–Crippen MR) is 249 cm³/mol. The summed E-state index contributed by atoms with van der Waals surface area (Å²) < 4.78 is 22.3. The van der Waals surface area contributed by atoms with Gasteiger partial charge in [-0.3, -0.25) is 9.59 Å². The van der Waals surface area contributed by atoms with Crippen molar-refractivity contribution in [2.75, 3.05) is 30.6 Å². The smallest absolute Gasteiger partial charge is 0.244 e. The molecule has 0 amide bonds. The SMILES string of the molecule is C=CC(=O)Cc1cc2c(Nc3ccc(Oc4ccccc4)cc3)ncnc2cc1OC.C=CC(=O)Cl.COc1cc2ncnc(Nc3ccc(Oc4ccccc4)cc3)c2cc1N. The number of ether oxygens (including phenoxy) is 4. The summed E-state index contributed by atoms with van der Waals surface area (Å²) in [5.41, 5.74) is 10.5. The van der Waals surface area contributed by atoms with Crippen molar-refractivity contribution in [3.8, 4) is 34.5 Å². The molecule has 0 aliphatic rings. The molecular weight excluding hydrogens is 818 g/mol. The minimum atomic E-state index is -0.509. The van der Waals surface area contributed by atoms with Gasteiger partial charge in [-0.2, -0.15) is 0 Å². The van der Waals surface area contributed by atoms with Crippen LogP contribution in [0.1, 0.15) is 5.56 Å². The van der Waals surface area contributed by atoms with Gasteiger partial charge in [-0.25, -0.2) is 19.9 Å². The lowest BCUT2D eigenvalue weighted by Crippen LogP contribution is -2.02. The van der Waals surface area contributed by atoms with Crippen molar-refractivity contribution in [2.24, 2.45) is 0 Å². The molecular formula is C49H42ClN7O6. The Morgan fingerprint density at radius 3 is 1.46 bits per heavy atom. The van der Waals surface area contributed by atoms with Gasteiger partial charge in [0.2, 0.25) is 5.24 Å². The van der Waals surface area contributed by atoms with E-state index in [-0.39, 0.29) is 12.2 Å². The van der Waals surface area contributed by atoms with Gasteiger partial charge in [0.05, 0.1) is 30.9 Å². The van der Waals surface area contributed by atoms with Crippen LogP contribution >= 0.6 is 11.6 Å². The summed E-state index contributed by atoms with van der Waals surface area (Å²) in [7, 11) is 3.15. The fourth-order valence-electron chi connectivity index (χ4n) is 5.93. The number of hydrogen-bond donors (Lipinski definition) is 3. The van der Waals surface area contributed by atoms with Crippen LogP contribution in [0.4, 0.5) is 28.7 Å². The number of carbonyl (C=O) groups is 2. The number of allylic oxidation sites excluding steroid dienone is 2. The Hall–Kier alpha value is -8.29. The average molecular weight is 860 g/mol. The first kappa shape index (κ1) is 44.3. The summed E-state index contributed by atoms with van der Waals surface area (Å²) in [6.07, 6.45) is 5.55. The molecule has 0 saturated heterocycles. The van der Waals surface area contributed by atoms with Crippen molar-refractivity contribution in [3.05, 3.63) is 177 Å². The van der Waals surface area contributed by atoms with E-state index in [1.54, 1.807) is 20.3 Å². The zero-order chi connectivity index (χ0) is 44.6. The molecule has 0 spiro atoms. The number of halogens is 1. The highest BCUT2D eigenvalue weighted by molar-refractivity contribution is 6.66. The molecule has 63 heavy (non-hydrogen) atoms. The van der Waals surface area contributed by atoms with Gasteiger partial charge in [-0.1, -0.05) is 49.6 Å². The molecule has 14 heteroatoms. The van der Waals surface area contributed by atoms with Crippen LogP contribution in [0.3, 0.4) is 0 Å². The standard InChI is InChI=1S/C25H21N3O3.C21H18N4O2.C3H3ClO/c1-3-19(29)13-17-14-22-23(15-24(17)30-2)26-16-27-25(22)28-18-9-11-21(12-10-18)31-20-7-5-4-6-8-20;1-26-20-12-19-17(11-18(20)22)21(24-13-23-19)25-14-7-9-16(10-8-14)27-15-5-3-2-4-6-15;1-2-3(4)5/h3-12,14-16H,1,13H2,2H3,(H,26,27,28);2-13H,22H2,1H3,(H,23,24,25);2H,1H2.